The number of rotatable bonds is 5. The van der Waals surface area contributed by atoms with Gasteiger partial charge < -0.3 is 22.6 Å². The minimum atomic E-state index is -5.20. The molecule has 0 radical (unpaired) electrons. The van der Waals surface area contributed by atoms with Gasteiger partial charge in [0.15, 0.2) is 0 Å². The van der Waals surface area contributed by atoms with E-state index in [2.05, 4.69) is 4.90 Å². The zero-order valence-corrected chi connectivity index (χ0v) is 12.0. The number of benzene rings is 1. The van der Waals surface area contributed by atoms with Gasteiger partial charge in [-0.3, -0.25) is 0 Å². The molecule has 1 fully saturated rings. The number of nitrogens with zero attached hydrogens (tertiary/aromatic N) is 1. The van der Waals surface area contributed by atoms with Gasteiger partial charge in [-0.25, -0.2) is 4.39 Å². The van der Waals surface area contributed by atoms with Crippen LogP contribution in [0, 0.1) is 5.82 Å². The summed E-state index contributed by atoms with van der Waals surface area (Å²) in [4.78, 5) is 2.20. The molecule has 1 unspecified atom stereocenters. The smallest absolute Gasteiger partial charge is 0.496 e. The van der Waals surface area contributed by atoms with Crippen molar-refractivity contribution >= 4 is 12.4 Å². The van der Waals surface area contributed by atoms with E-state index in [0.717, 1.165) is 44.0 Å². The first-order valence-electron chi connectivity index (χ1n) is 7.20. The quantitative estimate of drug-likeness (QED) is 0.612. The van der Waals surface area contributed by atoms with Crippen LogP contribution in [0.25, 0.3) is 0 Å². The second-order valence-corrected chi connectivity index (χ2v) is 5.52. The Hall–Kier alpha value is -1.24. The normalized spacial score (nSPS) is 20.5. The molecule has 0 aliphatic carbocycles. The van der Waals surface area contributed by atoms with Gasteiger partial charge in [-0.1, -0.05) is 17.9 Å². The van der Waals surface area contributed by atoms with Crippen molar-refractivity contribution in [3.8, 4) is 5.75 Å². The first-order chi connectivity index (χ1) is 9.88. The van der Waals surface area contributed by atoms with E-state index in [-0.39, 0.29) is 6.61 Å². The Kier molecular flexibility index (Phi) is 5.14. The lowest BCUT2D eigenvalue weighted by molar-refractivity contribution is 0.153. The van der Waals surface area contributed by atoms with Crippen LogP contribution in [0.5, 0.6) is 5.75 Å². The number of hydrogen-bond donors (Lipinski definition) is 0. The summed E-state index contributed by atoms with van der Waals surface area (Å²) in [5.74, 6) is -1.12. The van der Waals surface area contributed by atoms with Crippen LogP contribution >= 0.6 is 0 Å². The zero-order chi connectivity index (χ0) is 15.5. The van der Waals surface area contributed by atoms with Crippen molar-refractivity contribution in [2.75, 3.05) is 20.2 Å². The van der Waals surface area contributed by atoms with Crippen LogP contribution < -0.4 is 10.2 Å². The van der Waals surface area contributed by atoms with Gasteiger partial charge in [-0.05, 0) is 38.9 Å². The van der Waals surface area contributed by atoms with Gasteiger partial charge in [0.25, 0.3) is 0 Å². The lowest BCUT2D eigenvalue weighted by Crippen LogP contribution is -2.38. The van der Waals surface area contributed by atoms with Crippen LogP contribution in [0.15, 0.2) is 18.2 Å². The van der Waals surface area contributed by atoms with E-state index in [4.69, 9.17) is 4.74 Å². The van der Waals surface area contributed by atoms with E-state index in [0.29, 0.717) is 12.5 Å². The molecule has 0 amide bonds. The molecule has 1 aromatic carbocycles. The molecular formula is C14H19BF4NO-. The Labute approximate surface area is 122 Å². The number of hydrogen-bond acceptors (Lipinski definition) is 2. The maximum absolute atomic E-state index is 13.1. The lowest BCUT2D eigenvalue weighted by atomic mass is 9.79. The lowest BCUT2D eigenvalue weighted by Gasteiger charge is -2.32. The van der Waals surface area contributed by atoms with Gasteiger partial charge in [0.1, 0.15) is 5.82 Å². The predicted molar refractivity (Wildman–Crippen MR) is 75.5 cm³/mol. The molecule has 1 aliphatic heterocycles. The molecule has 0 saturated carbocycles. The highest BCUT2D eigenvalue weighted by molar-refractivity contribution is 6.74. The summed E-state index contributed by atoms with van der Waals surface area (Å²) < 4.78 is 57.0. The molecule has 1 atom stereocenters. The molecule has 0 aromatic heterocycles. The third kappa shape index (κ3) is 4.36. The van der Waals surface area contributed by atoms with Crippen molar-refractivity contribution in [3.05, 3.63) is 24.0 Å². The van der Waals surface area contributed by atoms with Crippen molar-refractivity contribution in [2.24, 2.45) is 0 Å². The van der Waals surface area contributed by atoms with E-state index in [1.807, 2.05) is 7.05 Å². The summed E-state index contributed by atoms with van der Waals surface area (Å²) in [5.41, 5.74) is -0.867. The first kappa shape index (κ1) is 16.1. The van der Waals surface area contributed by atoms with E-state index in [1.54, 1.807) is 0 Å². The van der Waals surface area contributed by atoms with Gasteiger partial charge in [0, 0.05) is 12.1 Å². The fourth-order valence-electron chi connectivity index (χ4n) is 2.72. The van der Waals surface area contributed by atoms with Crippen LogP contribution in [0.3, 0.4) is 0 Å². The molecule has 0 N–H and O–H groups in total. The highest BCUT2D eigenvalue weighted by atomic mass is 19.4. The summed E-state index contributed by atoms with van der Waals surface area (Å²) in [6.45, 7) is -4.03. The number of halogens is 4. The van der Waals surface area contributed by atoms with Crippen LogP contribution in [0.2, 0.25) is 0 Å². The number of ether oxygens (including phenoxy) is 1. The Morgan fingerprint density at radius 2 is 2.05 bits per heavy atom. The van der Waals surface area contributed by atoms with E-state index in [9.17, 15) is 17.3 Å². The second kappa shape index (κ2) is 6.68. The summed E-state index contributed by atoms with van der Waals surface area (Å²) in [7, 11) is 2.01. The Morgan fingerprint density at radius 1 is 1.29 bits per heavy atom. The molecule has 1 heterocycles. The first-order valence-corrected chi connectivity index (χ1v) is 7.20. The number of likely N-dealkylation sites (tertiary alicyclic amines) is 1. The largest absolute Gasteiger partial charge is 0.513 e. The third-order valence-electron chi connectivity index (χ3n) is 3.96. The molecule has 118 valence electrons. The molecule has 1 saturated heterocycles. The van der Waals surface area contributed by atoms with Crippen molar-refractivity contribution < 1.29 is 22.1 Å². The summed E-state index contributed by atoms with van der Waals surface area (Å²) in [6, 6.07) is 2.70. The zero-order valence-electron chi connectivity index (χ0n) is 12.0. The summed E-state index contributed by atoms with van der Waals surface area (Å²) in [6.07, 6.45) is 3.96. The Balaban J connectivity index is 1.97. The fourth-order valence-corrected chi connectivity index (χ4v) is 2.72. The monoisotopic (exact) mass is 304 g/mol. The maximum Gasteiger partial charge on any atom is 0.513 e. The summed E-state index contributed by atoms with van der Waals surface area (Å²) >= 11 is 0. The van der Waals surface area contributed by atoms with Crippen molar-refractivity contribution in [1.29, 1.82) is 0 Å². The standard InChI is InChI=1S/C14H19BF4NO/c1-20-8-3-2-4-12(20)7-9-21-14-10-11(16)5-6-13(14)15(17,18)19/h5-6,10,12H,2-4,7-9H2,1H3/q-1. The molecule has 2 rings (SSSR count). The highest BCUT2D eigenvalue weighted by Gasteiger charge is 2.29. The van der Waals surface area contributed by atoms with Crippen LogP contribution in [-0.4, -0.2) is 38.1 Å². The molecular weight excluding hydrogens is 285 g/mol. The van der Waals surface area contributed by atoms with Gasteiger partial charge in [-0.15, -0.1) is 0 Å². The maximum atomic E-state index is 13.1. The van der Waals surface area contributed by atoms with Gasteiger partial charge in [0.05, 0.1) is 12.4 Å². The van der Waals surface area contributed by atoms with E-state index >= 15 is 0 Å². The van der Waals surface area contributed by atoms with Gasteiger partial charge in [0.2, 0.25) is 0 Å². The third-order valence-corrected chi connectivity index (χ3v) is 3.96. The topological polar surface area (TPSA) is 12.5 Å². The van der Waals surface area contributed by atoms with Crippen molar-refractivity contribution in [2.45, 2.75) is 31.7 Å². The van der Waals surface area contributed by atoms with Crippen LogP contribution in [0.4, 0.5) is 17.3 Å². The minimum Gasteiger partial charge on any atom is -0.496 e. The van der Waals surface area contributed by atoms with E-state index in [1.165, 1.54) is 0 Å². The van der Waals surface area contributed by atoms with E-state index < -0.39 is 24.0 Å². The molecule has 1 aliphatic rings. The Morgan fingerprint density at radius 3 is 2.71 bits per heavy atom. The van der Waals surface area contributed by atoms with Crippen LogP contribution in [0.1, 0.15) is 25.7 Å². The average molecular weight is 304 g/mol. The minimum absolute atomic E-state index is 0.164. The van der Waals surface area contributed by atoms with Gasteiger partial charge in [-0.2, -0.15) is 0 Å². The fraction of sp³-hybridized carbons (Fsp3) is 0.571. The average Bonchev–Trinajstić information content (AvgIpc) is 2.39. The molecule has 2 nitrogen and oxygen atoms in total. The highest BCUT2D eigenvalue weighted by Crippen LogP contribution is 2.21. The molecule has 0 bridgehead atoms. The number of piperidine rings is 1. The predicted octanol–water partition coefficient (Wildman–Crippen LogP) is 3.13. The van der Waals surface area contributed by atoms with Crippen molar-refractivity contribution in [3.63, 3.8) is 0 Å². The molecule has 0 spiro atoms. The van der Waals surface area contributed by atoms with Gasteiger partial charge >= 0.3 is 6.98 Å². The second-order valence-electron chi connectivity index (χ2n) is 5.52. The molecule has 21 heavy (non-hydrogen) atoms. The Bertz CT molecular complexity index is 481. The molecule has 1 aromatic rings. The summed E-state index contributed by atoms with van der Waals surface area (Å²) in [5, 5.41) is 0. The van der Waals surface area contributed by atoms with Crippen molar-refractivity contribution in [1.82, 2.24) is 4.90 Å². The SMILES string of the molecule is CN1CCCCC1CCOc1cc(F)ccc1[B-](F)(F)F. The molecule has 7 heteroatoms. The van der Waals surface area contributed by atoms with Crippen LogP contribution in [-0.2, 0) is 0 Å².